The summed E-state index contributed by atoms with van der Waals surface area (Å²) in [6.45, 7) is 1.37. The normalized spacial score (nSPS) is 18.2. The van der Waals surface area contributed by atoms with Gasteiger partial charge < -0.3 is 15.3 Å². The van der Waals surface area contributed by atoms with E-state index in [9.17, 15) is 23.9 Å². The molecule has 2 aromatic rings. The number of Topliss-reactive ketones (excluding diaryl/α,β-unsaturated/α-hetero) is 1. The minimum absolute atomic E-state index is 0.0272. The molecule has 150 valence electrons. The van der Waals surface area contributed by atoms with Crippen molar-refractivity contribution in [1.29, 1.82) is 0 Å². The van der Waals surface area contributed by atoms with E-state index in [1.54, 1.807) is 6.07 Å². The predicted molar refractivity (Wildman–Crippen MR) is 106 cm³/mol. The van der Waals surface area contributed by atoms with Gasteiger partial charge >= 0.3 is 0 Å². The third-order valence-corrected chi connectivity index (χ3v) is 4.84. The maximum absolute atomic E-state index is 14.6. The van der Waals surface area contributed by atoms with Gasteiger partial charge in [0.1, 0.15) is 11.6 Å². The summed E-state index contributed by atoms with van der Waals surface area (Å²) in [7, 11) is 0. The van der Waals surface area contributed by atoms with Crippen molar-refractivity contribution in [2.24, 2.45) is 0 Å². The van der Waals surface area contributed by atoms with Crippen LogP contribution in [0.4, 0.5) is 4.39 Å². The third-order valence-electron chi connectivity index (χ3n) is 4.58. The van der Waals surface area contributed by atoms with Crippen LogP contribution in [0.1, 0.15) is 24.1 Å². The molecular formula is C21H18ClFN2O4. The van der Waals surface area contributed by atoms with Gasteiger partial charge in [-0.05, 0) is 30.3 Å². The number of likely N-dealkylation sites (tertiary alicyclic amines) is 1. The van der Waals surface area contributed by atoms with Crippen LogP contribution in [0.25, 0.3) is 5.76 Å². The Morgan fingerprint density at radius 1 is 1.17 bits per heavy atom. The molecule has 3 rings (SSSR count). The van der Waals surface area contributed by atoms with E-state index in [2.05, 4.69) is 5.32 Å². The number of benzene rings is 2. The van der Waals surface area contributed by atoms with E-state index in [-0.39, 0.29) is 35.7 Å². The molecule has 1 heterocycles. The van der Waals surface area contributed by atoms with E-state index < -0.39 is 29.3 Å². The van der Waals surface area contributed by atoms with Crippen LogP contribution in [-0.4, -0.2) is 40.7 Å². The highest BCUT2D eigenvalue weighted by Gasteiger charge is 2.46. The predicted octanol–water partition coefficient (Wildman–Crippen LogP) is 3.04. The molecule has 2 amide bonds. The fourth-order valence-electron chi connectivity index (χ4n) is 3.25. The Morgan fingerprint density at radius 3 is 2.45 bits per heavy atom. The van der Waals surface area contributed by atoms with Crippen molar-refractivity contribution in [3.8, 4) is 0 Å². The molecule has 2 N–H and O–H groups in total. The largest absolute Gasteiger partial charge is 0.507 e. The molecule has 2 aromatic carbocycles. The summed E-state index contributed by atoms with van der Waals surface area (Å²) in [6, 6.07) is 10.7. The number of carbonyl (C=O) groups is 3. The molecule has 0 aromatic heterocycles. The van der Waals surface area contributed by atoms with Gasteiger partial charge in [-0.3, -0.25) is 14.4 Å². The Morgan fingerprint density at radius 2 is 1.83 bits per heavy atom. The third kappa shape index (κ3) is 4.14. The Bertz CT molecular complexity index is 1000. The minimum atomic E-state index is -1.12. The lowest BCUT2D eigenvalue weighted by Gasteiger charge is -2.25. The molecular weight excluding hydrogens is 399 g/mol. The van der Waals surface area contributed by atoms with E-state index in [1.807, 2.05) is 0 Å². The van der Waals surface area contributed by atoms with E-state index in [0.717, 1.165) is 4.90 Å². The van der Waals surface area contributed by atoms with E-state index in [4.69, 9.17) is 11.6 Å². The fraction of sp³-hybridized carbons (Fsp3) is 0.190. The van der Waals surface area contributed by atoms with Crippen LogP contribution in [0.2, 0.25) is 5.02 Å². The van der Waals surface area contributed by atoms with Gasteiger partial charge in [-0.15, -0.1) is 0 Å². The first-order valence-electron chi connectivity index (χ1n) is 8.84. The summed E-state index contributed by atoms with van der Waals surface area (Å²) in [6.07, 6.45) is 0. The second-order valence-electron chi connectivity index (χ2n) is 6.50. The summed E-state index contributed by atoms with van der Waals surface area (Å²) in [4.78, 5) is 37.7. The van der Waals surface area contributed by atoms with Crippen LogP contribution in [0.3, 0.4) is 0 Å². The van der Waals surface area contributed by atoms with E-state index in [1.165, 1.54) is 49.4 Å². The Balaban J connectivity index is 2.12. The molecule has 6 nitrogen and oxygen atoms in total. The van der Waals surface area contributed by atoms with Crippen molar-refractivity contribution >= 4 is 35.0 Å². The molecule has 1 unspecified atom stereocenters. The summed E-state index contributed by atoms with van der Waals surface area (Å²) in [5.41, 5.74) is 0.130. The number of nitrogens with one attached hydrogen (secondary N) is 1. The zero-order chi connectivity index (χ0) is 21.1. The number of halogens is 2. The van der Waals surface area contributed by atoms with Crippen molar-refractivity contribution in [1.82, 2.24) is 10.2 Å². The molecule has 1 fully saturated rings. The Hall–Kier alpha value is -3.19. The molecule has 29 heavy (non-hydrogen) atoms. The highest BCUT2D eigenvalue weighted by Crippen LogP contribution is 2.40. The van der Waals surface area contributed by atoms with Gasteiger partial charge in [-0.25, -0.2) is 4.39 Å². The number of amides is 2. The molecule has 0 spiro atoms. The van der Waals surface area contributed by atoms with Crippen molar-refractivity contribution in [2.45, 2.75) is 13.0 Å². The lowest BCUT2D eigenvalue weighted by atomic mass is 9.95. The monoisotopic (exact) mass is 416 g/mol. The smallest absolute Gasteiger partial charge is 0.295 e. The number of aliphatic hydroxyl groups excluding tert-OH is 1. The average Bonchev–Trinajstić information content (AvgIpc) is 2.93. The molecule has 0 bridgehead atoms. The molecule has 1 atom stereocenters. The second kappa shape index (κ2) is 8.45. The van der Waals surface area contributed by atoms with Crippen LogP contribution in [0.5, 0.6) is 0 Å². The molecule has 1 aliphatic rings. The van der Waals surface area contributed by atoms with Gasteiger partial charge in [0.25, 0.3) is 11.7 Å². The summed E-state index contributed by atoms with van der Waals surface area (Å²) < 4.78 is 14.6. The van der Waals surface area contributed by atoms with Gasteiger partial charge in [0.05, 0.1) is 11.6 Å². The number of aliphatic hydroxyl groups is 1. The highest BCUT2D eigenvalue weighted by atomic mass is 35.5. The lowest BCUT2D eigenvalue weighted by Crippen LogP contribution is -2.37. The first-order chi connectivity index (χ1) is 13.8. The molecule has 8 heteroatoms. The van der Waals surface area contributed by atoms with Gasteiger partial charge in [0, 0.05) is 36.2 Å². The number of carbonyl (C=O) groups excluding carboxylic acids is 3. The van der Waals surface area contributed by atoms with Crippen LogP contribution < -0.4 is 5.32 Å². The quantitative estimate of drug-likeness (QED) is 0.445. The number of ketones is 1. The molecule has 1 saturated heterocycles. The number of hydrogen-bond donors (Lipinski definition) is 2. The number of hydrogen-bond acceptors (Lipinski definition) is 4. The zero-order valence-corrected chi connectivity index (χ0v) is 16.2. The van der Waals surface area contributed by atoms with Gasteiger partial charge in [-0.2, -0.15) is 0 Å². The zero-order valence-electron chi connectivity index (χ0n) is 15.5. The fourth-order valence-corrected chi connectivity index (χ4v) is 3.37. The first-order valence-corrected chi connectivity index (χ1v) is 9.22. The Kier molecular flexibility index (Phi) is 5.98. The van der Waals surface area contributed by atoms with Crippen LogP contribution in [-0.2, 0) is 14.4 Å². The highest BCUT2D eigenvalue weighted by molar-refractivity contribution is 6.46. The van der Waals surface area contributed by atoms with Gasteiger partial charge in [-0.1, -0.05) is 29.8 Å². The summed E-state index contributed by atoms with van der Waals surface area (Å²) in [5.74, 6) is -3.14. The Labute approximate surface area is 171 Å². The number of nitrogens with zero attached hydrogens (tertiary/aromatic N) is 1. The number of rotatable bonds is 5. The SMILES string of the molecule is CC(=O)NCCN1C(=O)C(=O)C(=C(O)c2ccc(Cl)cc2)C1c1ccccc1F. The van der Waals surface area contributed by atoms with Crippen molar-refractivity contribution < 1.29 is 23.9 Å². The topological polar surface area (TPSA) is 86.7 Å². The van der Waals surface area contributed by atoms with Gasteiger partial charge in [0.2, 0.25) is 5.91 Å². The van der Waals surface area contributed by atoms with Gasteiger partial charge in [0.15, 0.2) is 0 Å². The van der Waals surface area contributed by atoms with Crippen molar-refractivity contribution in [2.75, 3.05) is 13.1 Å². The van der Waals surface area contributed by atoms with Crippen molar-refractivity contribution in [3.05, 3.63) is 76.1 Å². The summed E-state index contributed by atoms with van der Waals surface area (Å²) in [5, 5.41) is 13.8. The standard InChI is InChI=1S/C21H18ClFN2O4/c1-12(26)24-10-11-25-18(15-4-2-3-5-16(15)23)17(20(28)21(25)29)19(27)13-6-8-14(22)9-7-13/h2-9,18,27H,10-11H2,1H3,(H,24,26). The van der Waals surface area contributed by atoms with Crippen LogP contribution in [0.15, 0.2) is 54.1 Å². The summed E-state index contributed by atoms with van der Waals surface area (Å²) >= 11 is 5.87. The second-order valence-corrected chi connectivity index (χ2v) is 6.94. The molecule has 0 saturated carbocycles. The van der Waals surface area contributed by atoms with Crippen molar-refractivity contribution in [3.63, 3.8) is 0 Å². The van der Waals surface area contributed by atoms with E-state index >= 15 is 0 Å². The average molecular weight is 417 g/mol. The first kappa shape index (κ1) is 20.5. The van der Waals surface area contributed by atoms with Crippen LogP contribution >= 0.6 is 11.6 Å². The molecule has 1 aliphatic heterocycles. The van der Waals surface area contributed by atoms with E-state index in [0.29, 0.717) is 5.02 Å². The maximum Gasteiger partial charge on any atom is 0.295 e. The minimum Gasteiger partial charge on any atom is -0.507 e. The maximum atomic E-state index is 14.6. The van der Waals surface area contributed by atoms with Crippen LogP contribution in [0, 0.1) is 5.82 Å². The molecule has 0 aliphatic carbocycles. The molecule has 0 radical (unpaired) electrons. The lowest BCUT2D eigenvalue weighted by molar-refractivity contribution is -0.140.